The van der Waals surface area contributed by atoms with E-state index < -0.39 is 18.0 Å². The minimum atomic E-state index is -0.962. The third kappa shape index (κ3) is 5.35. The number of rotatable bonds is 7. The van der Waals surface area contributed by atoms with Crippen LogP contribution in [0.5, 0.6) is 5.75 Å². The quantitative estimate of drug-likeness (QED) is 0.305. The molecule has 1 unspecified atom stereocenters. The second-order valence-electron chi connectivity index (χ2n) is 6.41. The van der Waals surface area contributed by atoms with Crippen LogP contribution in [0.2, 0.25) is 0 Å². The number of hydrogen-bond acceptors (Lipinski definition) is 4. The average molecular weight is 403 g/mol. The van der Waals surface area contributed by atoms with Crippen LogP contribution in [0.15, 0.2) is 78.9 Å². The van der Waals surface area contributed by atoms with Crippen LogP contribution in [-0.4, -0.2) is 17.8 Å². The lowest BCUT2D eigenvalue weighted by molar-refractivity contribution is -0.123. The molecule has 0 fully saturated rings. The first kappa shape index (κ1) is 20.4. The van der Waals surface area contributed by atoms with Gasteiger partial charge in [-0.25, -0.2) is 4.79 Å². The lowest BCUT2D eigenvalue weighted by Gasteiger charge is -2.20. The lowest BCUT2D eigenvalue weighted by atomic mass is 10.1. The molecule has 7 N–H and O–H groups in total. The first-order valence-electron chi connectivity index (χ1n) is 9.06. The molecular formula is C22H21N5O3. The summed E-state index contributed by atoms with van der Waals surface area (Å²) in [5.41, 5.74) is 12.8. The van der Waals surface area contributed by atoms with Gasteiger partial charge in [-0.1, -0.05) is 48.5 Å². The Balaban J connectivity index is 1.86. The Bertz CT molecular complexity index is 1070. The number of nitrogens with one attached hydrogen (secondary N) is 3. The van der Waals surface area contributed by atoms with Gasteiger partial charge in [-0.2, -0.15) is 0 Å². The number of anilines is 2. The monoisotopic (exact) mass is 403 g/mol. The summed E-state index contributed by atoms with van der Waals surface area (Å²) in [7, 11) is 0. The fraction of sp³-hybridized carbons (Fsp3) is 0.0455. The maximum absolute atomic E-state index is 13.1. The van der Waals surface area contributed by atoms with Crippen LogP contribution in [0.4, 0.5) is 16.2 Å². The molecule has 3 amide bonds. The van der Waals surface area contributed by atoms with Gasteiger partial charge < -0.3 is 26.8 Å². The van der Waals surface area contributed by atoms with Gasteiger partial charge in [0.25, 0.3) is 5.91 Å². The van der Waals surface area contributed by atoms with Crippen LogP contribution in [0.3, 0.4) is 0 Å². The Kier molecular flexibility index (Phi) is 6.29. The highest BCUT2D eigenvalue weighted by molar-refractivity contribution is 5.99. The van der Waals surface area contributed by atoms with E-state index in [1.807, 2.05) is 6.07 Å². The first-order chi connectivity index (χ1) is 14.4. The highest BCUT2D eigenvalue weighted by atomic mass is 16.5. The number of nitrogen functional groups attached to an aromatic ring is 1. The molecule has 3 rings (SSSR count). The first-order valence-corrected chi connectivity index (χ1v) is 9.06. The normalized spacial score (nSPS) is 11.2. The Morgan fingerprint density at radius 2 is 1.50 bits per heavy atom. The van der Waals surface area contributed by atoms with Gasteiger partial charge in [-0.15, -0.1) is 0 Å². The number of urea groups is 1. The van der Waals surface area contributed by atoms with Crippen molar-refractivity contribution in [2.24, 2.45) is 11.5 Å². The van der Waals surface area contributed by atoms with E-state index in [1.54, 1.807) is 72.8 Å². The molecule has 0 bridgehead atoms. The lowest BCUT2D eigenvalue weighted by Crippen LogP contribution is -2.26. The number of amidine groups is 1. The largest absolute Gasteiger partial charge is 0.476 e. The van der Waals surface area contributed by atoms with Crippen molar-refractivity contribution in [1.29, 1.82) is 5.41 Å². The molecule has 0 spiro atoms. The van der Waals surface area contributed by atoms with Crippen LogP contribution in [0.25, 0.3) is 0 Å². The van der Waals surface area contributed by atoms with Crippen LogP contribution in [0, 0.1) is 5.41 Å². The van der Waals surface area contributed by atoms with E-state index in [0.717, 1.165) is 0 Å². The van der Waals surface area contributed by atoms with Gasteiger partial charge in [0.1, 0.15) is 11.6 Å². The maximum atomic E-state index is 13.1. The SMILES string of the molecule is N=C(N)c1cccc(NC(=O)C(Oc2cccc(NC(N)=O)c2)c2ccccc2)c1. The third-order valence-corrected chi connectivity index (χ3v) is 4.14. The summed E-state index contributed by atoms with van der Waals surface area (Å²) in [4.78, 5) is 24.1. The molecule has 1 atom stereocenters. The maximum Gasteiger partial charge on any atom is 0.316 e. The van der Waals surface area contributed by atoms with E-state index in [9.17, 15) is 9.59 Å². The number of carbonyl (C=O) groups is 2. The molecule has 0 aliphatic rings. The van der Waals surface area contributed by atoms with E-state index in [4.69, 9.17) is 21.6 Å². The van der Waals surface area contributed by atoms with Crippen molar-refractivity contribution in [3.8, 4) is 5.75 Å². The highest BCUT2D eigenvalue weighted by Crippen LogP contribution is 2.26. The van der Waals surface area contributed by atoms with Gasteiger partial charge in [0, 0.05) is 28.6 Å². The Morgan fingerprint density at radius 3 is 2.17 bits per heavy atom. The molecule has 0 aliphatic heterocycles. The molecule has 8 heteroatoms. The van der Waals surface area contributed by atoms with Crippen molar-refractivity contribution in [2.75, 3.05) is 10.6 Å². The molecule has 8 nitrogen and oxygen atoms in total. The van der Waals surface area contributed by atoms with Crippen molar-refractivity contribution in [3.05, 3.63) is 90.0 Å². The third-order valence-electron chi connectivity index (χ3n) is 4.14. The number of ether oxygens (including phenoxy) is 1. The zero-order valence-electron chi connectivity index (χ0n) is 16.0. The zero-order valence-corrected chi connectivity index (χ0v) is 16.0. The topological polar surface area (TPSA) is 143 Å². The van der Waals surface area contributed by atoms with E-state index in [2.05, 4.69) is 10.6 Å². The summed E-state index contributed by atoms with van der Waals surface area (Å²) in [6.07, 6.45) is -0.962. The molecule has 0 aliphatic carbocycles. The Labute approximate surface area is 173 Å². The minimum Gasteiger partial charge on any atom is -0.476 e. The van der Waals surface area contributed by atoms with Gasteiger partial charge in [-0.3, -0.25) is 10.2 Å². The fourth-order valence-electron chi connectivity index (χ4n) is 2.80. The number of benzene rings is 3. The van der Waals surface area contributed by atoms with Crippen molar-refractivity contribution in [2.45, 2.75) is 6.10 Å². The zero-order chi connectivity index (χ0) is 21.5. The predicted molar refractivity (Wildman–Crippen MR) is 116 cm³/mol. The smallest absolute Gasteiger partial charge is 0.316 e. The standard InChI is InChI=1S/C22H21N5O3/c23-20(24)15-8-4-9-16(12-15)26-21(28)19(14-6-2-1-3-7-14)30-18-11-5-10-17(13-18)27-22(25)29/h1-13,19H,(H3,23,24)(H,26,28)(H3,25,27,29). The van der Waals surface area contributed by atoms with Crippen molar-refractivity contribution >= 4 is 29.1 Å². The van der Waals surface area contributed by atoms with Gasteiger partial charge in [-0.05, 0) is 24.3 Å². The van der Waals surface area contributed by atoms with E-state index >= 15 is 0 Å². The summed E-state index contributed by atoms with van der Waals surface area (Å²) in [6, 6.07) is 21.6. The molecule has 0 radical (unpaired) electrons. The van der Waals surface area contributed by atoms with E-state index in [1.165, 1.54) is 0 Å². The number of primary amides is 1. The van der Waals surface area contributed by atoms with Gasteiger partial charge in [0.2, 0.25) is 6.10 Å². The molecule has 30 heavy (non-hydrogen) atoms. The second kappa shape index (κ2) is 9.24. The average Bonchev–Trinajstić information content (AvgIpc) is 2.72. The molecular weight excluding hydrogens is 382 g/mol. The molecule has 0 heterocycles. The molecule has 0 saturated carbocycles. The Hall–Kier alpha value is -4.33. The van der Waals surface area contributed by atoms with E-state index in [-0.39, 0.29) is 5.84 Å². The molecule has 152 valence electrons. The molecule has 3 aromatic rings. The minimum absolute atomic E-state index is 0.0966. The molecule has 0 aromatic heterocycles. The predicted octanol–water partition coefficient (Wildman–Crippen LogP) is 3.22. The number of hydrogen-bond donors (Lipinski definition) is 5. The van der Waals surface area contributed by atoms with Crippen LogP contribution in [-0.2, 0) is 4.79 Å². The molecule has 0 saturated heterocycles. The second-order valence-corrected chi connectivity index (χ2v) is 6.41. The summed E-state index contributed by atoms with van der Waals surface area (Å²) < 4.78 is 5.96. The number of nitrogens with two attached hydrogens (primary N) is 2. The fourth-order valence-corrected chi connectivity index (χ4v) is 2.80. The number of amides is 3. The van der Waals surface area contributed by atoms with Crippen molar-refractivity contribution in [1.82, 2.24) is 0 Å². The summed E-state index contributed by atoms with van der Waals surface area (Å²) in [6.45, 7) is 0. The Morgan fingerprint density at radius 1 is 0.833 bits per heavy atom. The summed E-state index contributed by atoms with van der Waals surface area (Å²) in [5, 5.41) is 12.8. The van der Waals surface area contributed by atoms with Crippen LogP contribution < -0.4 is 26.8 Å². The van der Waals surface area contributed by atoms with Crippen LogP contribution in [0.1, 0.15) is 17.2 Å². The van der Waals surface area contributed by atoms with Crippen molar-refractivity contribution < 1.29 is 14.3 Å². The van der Waals surface area contributed by atoms with Gasteiger partial charge in [0.15, 0.2) is 0 Å². The van der Waals surface area contributed by atoms with Crippen molar-refractivity contribution in [3.63, 3.8) is 0 Å². The highest BCUT2D eigenvalue weighted by Gasteiger charge is 2.23. The summed E-state index contributed by atoms with van der Waals surface area (Å²) in [5.74, 6) is -0.126. The number of carbonyl (C=O) groups excluding carboxylic acids is 2. The van der Waals surface area contributed by atoms with Gasteiger partial charge >= 0.3 is 6.03 Å². The molecule has 3 aromatic carbocycles. The van der Waals surface area contributed by atoms with Crippen LogP contribution >= 0.6 is 0 Å². The summed E-state index contributed by atoms with van der Waals surface area (Å²) >= 11 is 0. The van der Waals surface area contributed by atoms with Gasteiger partial charge in [0.05, 0.1) is 0 Å². The van der Waals surface area contributed by atoms with E-state index in [0.29, 0.717) is 28.3 Å².